The maximum absolute atomic E-state index is 10.9. The monoisotopic (exact) mass is 336 g/mol. The fourth-order valence-corrected chi connectivity index (χ4v) is 2.98. The van der Waals surface area contributed by atoms with Gasteiger partial charge in [0.2, 0.25) is 0 Å². The minimum Gasteiger partial charge on any atom is -0.252 e. The molecule has 0 spiro atoms. The molecule has 0 aromatic heterocycles. The number of hydrogen-bond acceptors (Lipinski definition) is 4. The summed E-state index contributed by atoms with van der Waals surface area (Å²) in [6.07, 6.45) is 15.0. The molecule has 0 rings (SSSR count). The van der Waals surface area contributed by atoms with Gasteiger partial charge < -0.3 is 0 Å². The van der Waals surface area contributed by atoms with Gasteiger partial charge in [-0.25, -0.2) is 4.18 Å². The van der Waals surface area contributed by atoms with Gasteiger partial charge in [0, 0.05) is 0 Å². The highest BCUT2D eigenvalue weighted by Crippen LogP contribution is 2.17. The summed E-state index contributed by atoms with van der Waals surface area (Å²) in [6.45, 7) is 4.86. The standard InChI is InChI=1S/C17H36O4S/c1-4-5-14-17(2)15-12-10-8-6-7-9-11-13-16-21-22(18,19)20-3/h17H,4-16H2,1-3H3. The normalized spacial score (nSPS) is 13.4. The van der Waals surface area contributed by atoms with Crippen LogP contribution >= 0.6 is 0 Å². The highest BCUT2D eigenvalue weighted by Gasteiger charge is 2.07. The maximum Gasteiger partial charge on any atom is 0.399 e. The molecule has 0 saturated carbocycles. The lowest BCUT2D eigenvalue weighted by atomic mass is 9.97. The van der Waals surface area contributed by atoms with Gasteiger partial charge in [-0.15, -0.1) is 0 Å². The van der Waals surface area contributed by atoms with Crippen LogP contribution in [0.5, 0.6) is 0 Å². The fourth-order valence-electron chi connectivity index (χ4n) is 2.56. The molecule has 0 aliphatic rings. The molecule has 0 heterocycles. The van der Waals surface area contributed by atoms with E-state index in [9.17, 15) is 8.42 Å². The van der Waals surface area contributed by atoms with Crippen LogP contribution in [0, 0.1) is 5.92 Å². The first kappa shape index (κ1) is 21.9. The van der Waals surface area contributed by atoms with E-state index in [-0.39, 0.29) is 6.61 Å². The van der Waals surface area contributed by atoms with Gasteiger partial charge in [-0.05, 0) is 12.3 Å². The Morgan fingerprint density at radius 3 is 1.86 bits per heavy atom. The Kier molecular flexibility index (Phi) is 14.4. The Balaban J connectivity index is 3.21. The second kappa shape index (κ2) is 14.5. The summed E-state index contributed by atoms with van der Waals surface area (Å²) < 4.78 is 30.6. The van der Waals surface area contributed by atoms with Crippen molar-refractivity contribution in [2.75, 3.05) is 13.7 Å². The predicted octanol–water partition coefficient (Wildman–Crippen LogP) is 5.23. The van der Waals surface area contributed by atoms with E-state index in [1.807, 2.05) is 0 Å². The minimum atomic E-state index is -3.74. The molecule has 0 aliphatic heterocycles. The van der Waals surface area contributed by atoms with Gasteiger partial charge in [-0.1, -0.05) is 84.5 Å². The molecule has 0 bridgehead atoms. The van der Waals surface area contributed by atoms with Crippen LogP contribution < -0.4 is 0 Å². The van der Waals surface area contributed by atoms with E-state index in [1.54, 1.807) is 0 Å². The highest BCUT2D eigenvalue weighted by atomic mass is 32.3. The molecule has 0 fully saturated rings. The minimum absolute atomic E-state index is 0.228. The molecule has 0 aromatic rings. The third kappa shape index (κ3) is 14.8. The van der Waals surface area contributed by atoms with Crippen LogP contribution in [0.3, 0.4) is 0 Å². The zero-order valence-corrected chi connectivity index (χ0v) is 15.6. The van der Waals surface area contributed by atoms with Gasteiger partial charge in [0.05, 0.1) is 13.7 Å². The summed E-state index contributed by atoms with van der Waals surface area (Å²) in [5.41, 5.74) is 0. The summed E-state index contributed by atoms with van der Waals surface area (Å²) in [5.74, 6) is 0.892. The van der Waals surface area contributed by atoms with Crippen molar-refractivity contribution in [2.45, 2.75) is 90.9 Å². The lowest BCUT2D eigenvalue weighted by Crippen LogP contribution is -2.08. The van der Waals surface area contributed by atoms with Gasteiger partial charge in [0.1, 0.15) is 0 Å². The summed E-state index contributed by atoms with van der Waals surface area (Å²) in [7, 11) is -2.63. The van der Waals surface area contributed by atoms with Crippen molar-refractivity contribution in [3.05, 3.63) is 0 Å². The van der Waals surface area contributed by atoms with Crippen molar-refractivity contribution in [2.24, 2.45) is 5.92 Å². The van der Waals surface area contributed by atoms with E-state index in [2.05, 4.69) is 22.2 Å². The third-order valence-electron chi connectivity index (χ3n) is 4.07. The number of hydrogen-bond donors (Lipinski definition) is 0. The van der Waals surface area contributed by atoms with Crippen LogP contribution in [0.4, 0.5) is 0 Å². The lowest BCUT2D eigenvalue weighted by molar-refractivity contribution is 0.238. The summed E-state index contributed by atoms with van der Waals surface area (Å²) in [6, 6.07) is 0. The molecule has 4 nitrogen and oxygen atoms in total. The largest absolute Gasteiger partial charge is 0.399 e. The fraction of sp³-hybridized carbons (Fsp3) is 1.00. The molecule has 0 N–H and O–H groups in total. The average molecular weight is 337 g/mol. The van der Waals surface area contributed by atoms with Crippen molar-refractivity contribution in [3.8, 4) is 0 Å². The van der Waals surface area contributed by atoms with Crippen molar-refractivity contribution < 1.29 is 16.8 Å². The third-order valence-corrected chi connectivity index (χ3v) is 4.94. The Labute approximate surface area is 138 Å². The molecule has 0 aromatic carbocycles. The van der Waals surface area contributed by atoms with Crippen LogP contribution in [-0.2, 0) is 18.8 Å². The first-order valence-electron chi connectivity index (χ1n) is 8.96. The maximum atomic E-state index is 10.9. The lowest BCUT2D eigenvalue weighted by Gasteiger charge is -2.10. The molecular weight excluding hydrogens is 300 g/mol. The molecule has 22 heavy (non-hydrogen) atoms. The first-order valence-corrected chi connectivity index (χ1v) is 10.3. The topological polar surface area (TPSA) is 52.6 Å². The molecule has 0 radical (unpaired) electrons. The van der Waals surface area contributed by atoms with Crippen LogP contribution in [0.25, 0.3) is 0 Å². The van der Waals surface area contributed by atoms with Gasteiger partial charge >= 0.3 is 10.4 Å². The SMILES string of the molecule is CCCCC(C)CCCCCCCCCCOS(=O)(=O)OC. The van der Waals surface area contributed by atoms with Gasteiger partial charge in [0.25, 0.3) is 0 Å². The number of unbranched alkanes of at least 4 members (excludes halogenated alkanes) is 8. The second-order valence-electron chi connectivity index (χ2n) is 6.26. The zero-order chi connectivity index (χ0) is 16.7. The zero-order valence-electron chi connectivity index (χ0n) is 14.8. The van der Waals surface area contributed by atoms with Crippen molar-refractivity contribution >= 4 is 10.4 Å². The molecule has 5 heteroatoms. The molecular formula is C17H36O4S. The van der Waals surface area contributed by atoms with Crippen LogP contribution in [0.15, 0.2) is 0 Å². The quantitative estimate of drug-likeness (QED) is 0.362. The van der Waals surface area contributed by atoms with E-state index in [0.717, 1.165) is 32.3 Å². The smallest absolute Gasteiger partial charge is 0.252 e. The molecule has 1 atom stereocenters. The molecule has 0 saturated heterocycles. The van der Waals surface area contributed by atoms with Crippen LogP contribution in [0.1, 0.15) is 90.9 Å². The number of rotatable bonds is 16. The van der Waals surface area contributed by atoms with Gasteiger partial charge in [0.15, 0.2) is 0 Å². The van der Waals surface area contributed by atoms with Crippen molar-refractivity contribution in [3.63, 3.8) is 0 Å². The Morgan fingerprint density at radius 1 is 0.818 bits per heavy atom. The van der Waals surface area contributed by atoms with Gasteiger partial charge in [-0.3, -0.25) is 4.18 Å². The predicted molar refractivity (Wildman–Crippen MR) is 92.1 cm³/mol. The second-order valence-corrected chi connectivity index (χ2v) is 7.65. The highest BCUT2D eigenvalue weighted by molar-refractivity contribution is 7.81. The molecule has 0 aliphatic carbocycles. The van der Waals surface area contributed by atoms with E-state index < -0.39 is 10.4 Å². The first-order chi connectivity index (χ1) is 10.5. The van der Waals surface area contributed by atoms with Gasteiger partial charge in [-0.2, -0.15) is 8.42 Å². The summed E-state index contributed by atoms with van der Waals surface area (Å²) in [4.78, 5) is 0. The molecule has 0 amide bonds. The van der Waals surface area contributed by atoms with E-state index in [0.29, 0.717) is 0 Å². The molecule has 134 valence electrons. The Morgan fingerprint density at radius 2 is 1.32 bits per heavy atom. The summed E-state index contributed by atoms with van der Waals surface area (Å²) >= 11 is 0. The van der Waals surface area contributed by atoms with E-state index >= 15 is 0 Å². The van der Waals surface area contributed by atoms with E-state index in [4.69, 9.17) is 0 Å². The summed E-state index contributed by atoms with van der Waals surface area (Å²) in [5, 5.41) is 0. The Bertz CT molecular complexity index is 328. The molecule has 1 unspecified atom stereocenters. The Hall–Kier alpha value is -0.130. The average Bonchev–Trinajstić information content (AvgIpc) is 2.50. The van der Waals surface area contributed by atoms with Crippen molar-refractivity contribution in [1.82, 2.24) is 0 Å². The van der Waals surface area contributed by atoms with E-state index in [1.165, 1.54) is 57.8 Å². The van der Waals surface area contributed by atoms with Crippen molar-refractivity contribution in [1.29, 1.82) is 0 Å². The van der Waals surface area contributed by atoms with Crippen LogP contribution in [-0.4, -0.2) is 22.1 Å². The van der Waals surface area contributed by atoms with Crippen LogP contribution in [0.2, 0.25) is 0 Å².